The maximum absolute atomic E-state index is 13.6. The minimum atomic E-state index is -0.636. The van der Waals surface area contributed by atoms with Gasteiger partial charge in [-0.15, -0.1) is 11.3 Å². The second-order valence-corrected chi connectivity index (χ2v) is 8.69. The molecular weight excluding hydrogens is 471 g/mol. The summed E-state index contributed by atoms with van der Waals surface area (Å²) in [6, 6.07) is 13.9. The third-order valence-corrected chi connectivity index (χ3v) is 6.55. The first-order valence-electron chi connectivity index (χ1n) is 10.7. The van der Waals surface area contributed by atoms with Crippen LogP contribution in [-0.4, -0.2) is 30.4 Å². The van der Waals surface area contributed by atoms with E-state index in [0.29, 0.717) is 39.8 Å². The summed E-state index contributed by atoms with van der Waals surface area (Å²) in [4.78, 5) is 20.3. The number of methoxy groups -OCH3 is 2. The van der Waals surface area contributed by atoms with Crippen molar-refractivity contribution in [2.24, 2.45) is 0 Å². The number of amides is 2. The Morgan fingerprint density at radius 1 is 1.09 bits per heavy atom. The molecule has 0 saturated heterocycles. The number of halogens is 1. The van der Waals surface area contributed by atoms with E-state index in [9.17, 15) is 9.18 Å². The largest absolute Gasteiger partial charge is 0.497 e. The van der Waals surface area contributed by atoms with Crippen LogP contribution in [0.1, 0.15) is 24.4 Å². The first-order valence-corrected chi connectivity index (χ1v) is 11.5. The molecule has 0 saturated carbocycles. The molecular formula is C25H21FN4O4S. The minimum absolute atomic E-state index is 0.250. The molecule has 0 radical (unpaired) electrons. The van der Waals surface area contributed by atoms with Gasteiger partial charge >= 0.3 is 6.03 Å². The summed E-state index contributed by atoms with van der Waals surface area (Å²) in [5, 5.41) is 9.07. The minimum Gasteiger partial charge on any atom is -0.497 e. The Hall–Kier alpha value is -4.18. The highest BCUT2D eigenvalue weighted by Gasteiger charge is 2.37. The van der Waals surface area contributed by atoms with Crippen LogP contribution in [0.5, 0.6) is 11.5 Å². The van der Waals surface area contributed by atoms with Crippen LogP contribution in [0.3, 0.4) is 0 Å². The van der Waals surface area contributed by atoms with Gasteiger partial charge in [0.05, 0.1) is 36.4 Å². The molecule has 35 heavy (non-hydrogen) atoms. The number of urea groups is 1. The first-order chi connectivity index (χ1) is 17.0. The van der Waals surface area contributed by atoms with E-state index in [1.54, 1.807) is 37.3 Å². The molecule has 4 aromatic rings. The van der Waals surface area contributed by atoms with Gasteiger partial charge in [0.1, 0.15) is 17.3 Å². The van der Waals surface area contributed by atoms with Gasteiger partial charge in [0.25, 0.3) is 5.89 Å². The summed E-state index contributed by atoms with van der Waals surface area (Å²) in [6.45, 7) is 1.80. The number of allylic oxidation sites excluding steroid dienone is 1. The Morgan fingerprint density at radius 2 is 1.80 bits per heavy atom. The van der Waals surface area contributed by atoms with E-state index in [-0.39, 0.29) is 17.7 Å². The van der Waals surface area contributed by atoms with Gasteiger partial charge in [-0.1, -0.05) is 23.4 Å². The topological polar surface area (TPSA) is 89.7 Å². The van der Waals surface area contributed by atoms with Crippen LogP contribution in [0.25, 0.3) is 16.3 Å². The molecule has 3 heterocycles. The van der Waals surface area contributed by atoms with Crippen molar-refractivity contribution in [3.05, 3.63) is 82.9 Å². The number of benzene rings is 2. The number of anilines is 1. The first kappa shape index (κ1) is 22.6. The fourth-order valence-corrected chi connectivity index (χ4v) is 4.65. The van der Waals surface area contributed by atoms with Gasteiger partial charge in [0, 0.05) is 23.9 Å². The van der Waals surface area contributed by atoms with E-state index in [1.165, 1.54) is 42.6 Å². The molecule has 2 aromatic heterocycles. The van der Waals surface area contributed by atoms with Crippen molar-refractivity contribution in [1.82, 2.24) is 15.5 Å². The predicted octanol–water partition coefficient (Wildman–Crippen LogP) is 5.66. The SMILES string of the molecule is COc1cc(OC)cc(N2C(=O)NC(c3ccc(F)cc3)C(c3nc(-c4cccs4)no3)=C2C)c1. The Morgan fingerprint density at radius 3 is 2.43 bits per heavy atom. The Balaban J connectivity index is 1.67. The number of carbonyl (C=O) groups is 1. The number of hydrogen-bond acceptors (Lipinski definition) is 7. The molecule has 178 valence electrons. The smallest absolute Gasteiger partial charge is 0.327 e. The summed E-state index contributed by atoms with van der Waals surface area (Å²) in [7, 11) is 3.08. The fraction of sp³-hybridized carbons (Fsp3) is 0.160. The van der Waals surface area contributed by atoms with E-state index in [0.717, 1.165) is 4.88 Å². The molecule has 1 unspecified atom stereocenters. The maximum Gasteiger partial charge on any atom is 0.327 e. The summed E-state index contributed by atoms with van der Waals surface area (Å²) < 4.78 is 30.1. The predicted molar refractivity (Wildman–Crippen MR) is 130 cm³/mol. The molecule has 5 rings (SSSR count). The molecule has 1 aliphatic rings. The molecule has 1 aliphatic heterocycles. The number of hydrogen-bond donors (Lipinski definition) is 1. The van der Waals surface area contributed by atoms with Crippen molar-refractivity contribution < 1.29 is 23.2 Å². The number of aromatic nitrogens is 2. The van der Waals surface area contributed by atoms with Gasteiger partial charge in [-0.25, -0.2) is 9.18 Å². The zero-order chi connectivity index (χ0) is 24.5. The van der Waals surface area contributed by atoms with Gasteiger partial charge in [-0.3, -0.25) is 4.90 Å². The van der Waals surface area contributed by atoms with Crippen LogP contribution in [-0.2, 0) is 0 Å². The van der Waals surface area contributed by atoms with Gasteiger partial charge < -0.3 is 19.3 Å². The number of ether oxygens (including phenoxy) is 2. The molecule has 8 nitrogen and oxygen atoms in total. The highest BCUT2D eigenvalue weighted by molar-refractivity contribution is 7.13. The molecule has 10 heteroatoms. The van der Waals surface area contributed by atoms with Crippen LogP contribution >= 0.6 is 11.3 Å². The van der Waals surface area contributed by atoms with Crippen LogP contribution in [0, 0.1) is 5.82 Å². The van der Waals surface area contributed by atoms with Crippen LogP contribution < -0.4 is 19.7 Å². The van der Waals surface area contributed by atoms with Crippen molar-refractivity contribution in [3.8, 4) is 22.2 Å². The van der Waals surface area contributed by atoms with E-state index in [2.05, 4.69) is 15.5 Å². The van der Waals surface area contributed by atoms with E-state index in [1.807, 2.05) is 17.5 Å². The van der Waals surface area contributed by atoms with Crippen LogP contribution in [0.2, 0.25) is 0 Å². The third-order valence-electron chi connectivity index (χ3n) is 5.68. The van der Waals surface area contributed by atoms with Crippen molar-refractivity contribution in [3.63, 3.8) is 0 Å². The standard InChI is InChI=1S/C25H21FN4O4S/c1-14-21(24-28-23(29-34-24)20-5-4-10-35-20)22(15-6-8-16(26)9-7-15)27-25(31)30(14)17-11-18(32-2)13-19(12-17)33-3/h4-13,22H,1-3H3,(H,27,31). The number of nitrogens with zero attached hydrogens (tertiary/aromatic N) is 3. The number of thiophene rings is 1. The Bertz CT molecular complexity index is 1380. The van der Waals surface area contributed by atoms with Gasteiger partial charge in [0.15, 0.2) is 0 Å². The maximum atomic E-state index is 13.6. The Labute approximate surface area is 204 Å². The molecule has 0 aliphatic carbocycles. The lowest BCUT2D eigenvalue weighted by atomic mass is 9.94. The fourth-order valence-electron chi connectivity index (χ4n) is 4.00. The van der Waals surface area contributed by atoms with E-state index in [4.69, 9.17) is 14.0 Å². The zero-order valence-corrected chi connectivity index (χ0v) is 19.9. The second kappa shape index (κ2) is 9.22. The summed E-state index contributed by atoms with van der Waals surface area (Å²) in [6.07, 6.45) is 0. The quantitative estimate of drug-likeness (QED) is 0.374. The van der Waals surface area contributed by atoms with Crippen molar-refractivity contribution >= 4 is 28.6 Å². The van der Waals surface area contributed by atoms with Crippen molar-refractivity contribution in [2.45, 2.75) is 13.0 Å². The lowest BCUT2D eigenvalue weighted by molar-refractivity contribution is 0.244. The number of nitrogens with one attached hydrogen (secondary N) is 1. The van der Waals surface area contributed by atoms with Crippen molar-refractivity contribution in [1.29, 1.82) is 0 Å². The van der Waals surface area contributed by atoms with Crippen molar-refractivity contribution in [2.75, 3.05) is 19.1 Å². The highest BCUT2D eigenvalue weighted by Crippen LogP contribution is 2.40. The summed E-state index contributed by atoms with van der Waals surface area (Å²) in [5.41, 5.74) is 2.37. The average Bonchev–Trinajstić information content (AvgIpc) is 3.56. The molecule has 1 N–H and O–H groups in total. The molecule has 1 atom stereocenters. The average molecular weight is 493 g/mol. The number of rotatable bonds is 6. The lowest BCUT2D eigenvalue weighted by Crippen LogP contribution is -2.46. The molecule has 0 fully saturated rings. The van der Waals surface area contributed by atoms with Gasteiger partial charge in [-0.05, 0) is 36.1 Å². The summed E-state index contributed by atoms with van der Waals surface area (Å²) in [5.74, 6) is 1.38. The van der Waals surface area contributed by atoms with Gasteiger partial charge in [0.2, 0.25) is 5.82 Å². The molecule has 0 spiro atoms. The second-order valence-electron chi connectivity index (χ2n) is 7.74. The number of carbonyl (C=O) groups excluding carboxylic acids is 1. The van der Waals surface area contributed by atoms with E-state index >= 15 is 0 Å². The third kappa shape index (κ3) is 4.24. The monoisotopic (exact) mass is 492 g/mol. The molecule has 2 aromatic carbocycles. The van der Waals surface area contributed by atoms with Crippen LogP contribution in [0.4, 0.5) is 14.9 Å². The molecule has 0 bridgehead atoms. The van der Waals surface area contributed by atoms with Crippen LogP contribution in [0.15, 0.2) is 70.2 Å². The van der Waals surface area contributed by atoms with E-state index < -0.39 is 6.04 Å². The highest BCUT2D eigenvalue weighted by atomic mass is 32.1. The lowest BCUT2D eigenvalue weighted by Gasteiger charge is -2.35. The van der Waals surface area contributed by atoms with Gasteiger partial charge in [-0.2, -0.15) is 4.98 Å². The normalized spacial score (nSPS) is 15.8. The Kier molecular flexibility index (Phi) is 5.96. The summed E-state index contributed by atoms with van der Waals surface area (Å²) >= 11 is 1.49. The molecule has 2 amide bonds. The zero-order valence-electron chi connectivity index (χ0n) is 19.1.